The lowest BCUT2D eigenvalue weighted by atomic mass is 10.00. The Labute approximate surface area is 85.2 Å². The van der Waals surface area contributed by atoms with Crippen molar-refractivity contribution in [2.75, 3.05) is 0 Å². The molecule has 1 radical (unpaired) electrons. The minimum absolute atomic E-state index is 1.27. The summed E-state index contributed by atoms with van der Waals surface area (Å²) in [6, 6.07) is 17.8. The van der Waals surface area contributed by atoms with E-state index in [0.717, 1.165) is 0 Å². The van der Waals surface area contributed by atoms with Gasteiger partial charge < -0.3 is 0 Å². The van der Waals surface area contributed by atoms with Gasteiger partial charge in [-0.2, -0.15) is 0 Å². The maximum atomic E-state index is 3.08. The molecular formula is C14H13. The van der Waals surface area contributed by atoms with Crippen LogP contribution in [0.5, 0.6) is 0 Å². The molecule has 0 fully saturated rings. The summed E-state index contributed by atoms with van der Waals surface area (Å²) in [6.07, 6.45) is 0. The Morgan fingerprint density at radius 2 is 1.64 bits per heavy atom. The van der Waals surface area contributed by atoms with Crippen molar-refractivity contribution in [2.45, 2.75) is 13.8 Å². The molecule has 0 aromatic heterocycles. The first-order valence-corrected chi connectivity index (χ1v) is 4.81. The minimum Gasteiger partial charge on any atom is -0.0587 e. The summed E-state index contributed by atoms with van der Waals surface area (Å²) >= 11 is 0. The van der Waals surface area contributed by atoms with Crippen LogP contribution in [0.3, 0.4) is 0 Å². The normalized spacial score (nSPS) is 10.1. The summed E-state index contributed by atoms with van der Waals surface area (Å²) in [4.78, 5) is 0. The van der Waals surface area contributed by atoms with Gasteiger partial charge in [-0.05, 0) is 36.6 Å². The molecule has 0 saturated heterocycles. The van der Waals surface area contributed by atoms with Gasteiger partial charge in [0.05, 0.1) is 0 Å². The average molecular weight is 181 g/mol. The molecule has 0 spiro atoms. The standard InChI is InChI=1S/C14H13/c1-11-7-9-13(10-8-11)14-6-4-3-5-12(14)2/h4-10H,1-2H3. The largest absolute Gasteiger partial charge is 0.0587 e. The summed E-state index contributed by atoms with van der Waals surface area (Å²) in [5.41, 5.74) is 5.15. The highest BCUT2D eigenvalue weighted by molar-refractivity contribution is 5.66. The Hall–Kier alpha value is -1.56. The quantitative estimate of drug-likeness (QED) is 0.628. The van der Waals surface area contributed by atoms with Crippen LogP contribution in [-0.4, -0.2) is 0 Å². The zero-order valence-electron chi connectivity index (χ0n) is 8.54. The van der Waals surface area contributed by atoms with Crippen molar-refractivity contribution in [1.82, 2.24) is 0 Å². The molecule has 0 saturated carbocycles. The number of hydrogen-bond donors (Lipinski definition) is 0. The van der Waals surface area contributed by atoms with Crippen LogP contribution in [0.4, 0.5) is 0 Å². The lowest BCUT2D eigenvalue weighted by Gasteiger charge is -2.05. The fraction of sp³-hybridized carbons (Fsp3) is 0.143. The van der Waals surface area contributed by atoms with Gasteiger partial charge in [-0.15, -0.1) is 0 Å². The lowest BCUT2D eigenvalue weighted by molar-refractivity contribution is 1.43. The van der Waals surface area contributed by atoms with E-state index >= 15 is 0 Å². The second-order valence-corrected chi connectivity index (χ2v) is 3.61. The molecule has 2 aromatic carbocycles. The van der Waals surface area contributed by atoms with Crippen LogP contribution < -0.4 is 0 Å². The van der Waals surface area contributed by atoms with E-state index in [1.807, 2.05) is 12.1 Å². The fourth-order valence-electron chi connectivity index (χ4n) is 1.57. The second kappa shape index (κ2) is 3.67. The van der Waals surface area contributed by atoms with Crippen LogP contribution in [0.1, 0.15) is 11.1 Å². The summed E-state index contributed by atoms with van der Waals surface area (Å²) in [7, 11) is 0. The Bertz CT molecular complexity index is 424. The van der Waals surface area contributed by atoms with Gasteiger partial charge in [-0.1, -0.05) is 48.0 Å². The average Bonchev–Trinajstić information content (AvgIpc) is 2.20. The summed E-state index contributed by atoms with van der Waals surface area (Å²) < 4.78 is 0. The Kier molecular flexibility index (Phi) is 2.36. The van der Waals surface area contributed by atoms with Gasteiger partial charge >= 0.3 is 0 Å². The smallest absolute Gasteiger partial charge is 0.0154 e. The van der Waals surface area contributed by atoms with E-state index in [4.69, 9.17) is 0 Å². The summed E-state index contributed by atoms with van der Waals surface area (Å²) in [5.74, 6) is 0. The topological polar surface area (TPSA) is 0 Å². The van der Waals surface area contributed by atoms with Crippen molar-refractivity contribution in [2.24, 2.45) is 0 Å². The molecule has 0 aliphatic carbocycles. The van der Waals surface area contributed by atoms with Crippen molar-refractivity contribution < 1.29 is 0 Å². The molecule has 2 aromatic rings. The van der Waals surface area contributed by atoms with E-state index < -0.39 is 0 Å². The van der Waals surface area contributed by atoms with E-state index in [1.54, 1.807) is 0 Å². The monoisotopic (exact) mass is 181 g/mol. The molecule has 0 aliphatic rings. The fourth-order valence-corrected chi connectivity index (χ4v) is 1.57. The van der Waals surface area contributed by atoms with Gasteiger partial charge in [0, 0.05) is 0 Å². The molecule has 0 amide bonds. The third-order valence-corrected chi connectivity index (χ3v) is 2.43. The number of benzene rings is 2. The van der Waals surface area contributed by atoms with Crippen LogP contribution in [0.15, 0.2) is 42.5 Å². The molecule has 0 nitrogen and oxygen atoms in total. The molecule has 0 unspecified atom stereocenters. The molecule has 0 heterocycles. The molecule has 0 bridgehead atoms. The number of hydrogen-bond acceptors (Lipinski definition) is 0. The first-order chi connectivity index (χ1) is 6.77. The van der Waals surface area contributed by atoms with Gasteiger partial charge in [-0.3, -0.25) is 0 Å². The van der Waals surface area contributed by atoms with E-state index in [2.05, 4.69) is 50.2 Å². The molecule has 14 heavy (non-hydrogen) atoms. The summed E-state index contributed by atoms with van der Waals surface area (Å²) in [6.45, 7) is 4.22. The van der Waals surface area contributed by atoms with E-state index in [0.29, 0.717) is 0 Å². The van der Waals surface area contributed by atoms with E-state index in [9.17, 15) is 0 Å². The highest BCUT2D eigenvalue weighted by atomic mass is 14.0. The molecule has 0 N–H and O–H groups in total. The van der Waals surface area contributed by atoms with Crippen molar-refractivity contribution >= 4 is 0 Å². The van der Waals surface area contributed by atoms with Crippen molar-refractivity contribution in [3.63, 3.8) is 0 Å². The highest BCUT2D eigenvalue weighted by Crippen LogP contribution is 2.22. The third kappa shape index (κ3) is 1.69. The maximum Gasteiger partial charge on any atom is -0.0154 e. The van der Waals surface area contributed by atoms with Gasteiger partial charge in [0.2, 0.25) is 0 Å². The van der Waals surface area contributed by atoms with Crippen molar-refractivity contribution in [3.8, 4) is 11.1 Å². The molecule has 2 rings (SSSR count). The molecular weight excluding hydrogens is 168 g/mol. The first kappa shape index (κ1) is 9.01. The van der Waals surface area contributed by atoms with Crippen molar-refractivity contribution in [3.05, 3.63) is 59.7 Å². The van der Waals surface area contributed by atoms with E-state index in [-0.39, 0.29) is 0 Å². The Morgan fingerprint density at radius 1 is 0.929 bits per heavy atom. The van der Waals surface area contributed by atoms with Crippen LogP contribution >= 0.6 is 0 Å². The first-order valence-electron chi connectivity index (χ1n) is 4.81. The Balaban J connectivity index is 2.50. The molecule has 0 atom stereocenters. The van der Waals surface area contributed by atoms with Crippen LogP contribution in [0.25, 0.3) is 11.1 Å². The molecule has 69 valence electrons. The second-order valence-electron chi connectivity index (χ2n) is 3.61. The zero-order chi connectivity index (χ0) is 9.97. The van der Waals surface area contributed by atoms with Crippen LogP contribution in [-0.2, 0) is 0 Å². The Morgan fingerprint density at radius 3 is 2.29 bits per heavy atom. The number of aryl methyl sites for hydroxylation is 2. The maximum absolute atomic E-state index is 3.08. The number of rotatable bonds is 1. The molecule has 0 aliphatic heterocycles. The predicted molar refractivity (Wildman–Crippen MR) is 60.2 cm³/mol. The lowest BCUT2D eigenvalue weighted by Crippen LogP contribution is -1.82. The SMILES string of the molecule is Cc1ccc(-c2cc[c]cc2C)cc1. The van der Waals surface area contributed by atoms with E-state index in [1.165, 1.54) is 22.3 Å². The third-order valence-electron chi connectivity index (χ3n) is 2.43. The van der Waals surface area contributed by atoms with Gasteiger partial charge in [-0.25, -0.2) is 0 Å². The molecule has 0 heteroatoms. The minimum atomic E-state index is 1.27. The van der Waals surface area contributed by atoms with Crippen LogP contribution in [0, 0.1) is 19.9 Å². The highest BCUT2D eigenvalue weighted by Gasteiger charge is 1.99. The van der Waals surface area contributed by atoms with Crippen molar-refractivity contribution in [1.29, 1.82) is 0 Å². The zero-order valence-corrected chi connectivity index (χ0v) is 8.54. The van der Waals surface area contributed by atoms with Gasteiger partial charge in [0.25, 0.3) is 0 Å². The summed E-state index contributed by atoms with van der Waals surface area (Å²) in [5, 5.41) is 0. The van der Waals surface area contributed by atoms with Crippen LogP contribution in [0.2, 0.25) is 0 Å². The van der Waals surface area contributed by atoms with Gasteiger partial charge in [0.1, 0.15) is 0 Å². The van der Waals surface area contributed by atoms with Gasteiger partial charge in [0.15, 0.2) is 0 Å². The predicted octanol–water partition coefficient (Wildman–Crippen LogP) is 3.77.